The Labute approximate surface area is 250 Å². The fourth-order valence-corrected chi connectivity index (χ4v) is 5.11. The van der Waals surface area contributed by atoms with Crippen molar-refractivity contribution in [3.63, 3.8) is 0 Å². The quantitative estimate of drug-likeness (QED) is 0.0893. The number of rotatable bonds is 17. The molecule has 0 aliphatic carbocycles. The molecule has 2 atom stereocenters. The summed E-state index contributed by atoms with van der Waals surface area (Å²) >= 11 is 0. The van der Waals surface area contributed by atoms with Gasteiger partial charge in [-0.2, -0.15) is 0 Å². The molecule has 0 bridgehead atoms. The minimum absolute atomic E-state index is 0.0168. The number of phenols is 1. The number of ether oxygens (including phenoxy) is 1. The van der Waals surface area contributed by atoms with Crippen LogP contribution >= 0.6 is 0 Å². The van der Waals surface area contributed by atoms with Crippen LogP contribution < -0.4 is 20.9 Å². The van der Waals surface area contributed by atoms with E-state index in [1.54, 1.807) is 30.5 Å². The number of unbranched alkanes of at least 4 members (excludes halogenated alkanes) is 6. The van der Waals surface area contributed by atoms with Gasteiger partial charge in [0.25, 0.3) is 0 Å². The maximum absolute atomic E-state index is 11.6. The van der Waals surface area contributed by atoms with Crippen LogP contribution in [0.4, 0.5) is 4.79 Å². The fraction of sp³-hybridized carbons (Fsp3) is 0.364. The number of hydrogen-bond acceptors (Lipinski definition) is 7. The molecule has 228 valence electrons. The van der Waals surface area contributed by atoms with E-state index in [9.17, 15) is 24.9 Å². The molecule has 6 N–H and O–H groups in total. The van der Waals surface area contributed by atoms with Crippen molar-refractivity contribution in [2.24, 2.45) is 0 Å². The molecular formula is C33H40N4O6. The van der Waals surface area contributed by atoms with Gasteiger partial charge in [-0.15, -0.1) is 0 Å². The summed E-state index contributed by atoms with van der Waals surface area (Å²) in [7, 11) is 0. The first-order valence-corrected chi connectivity index (χ1v) is 14.8. The van der Waals surface area contributed by atoms with Gasteiger partial charge in [0.2, 0.25) is 5.56 Å². The highest BCUT2D eigenvalue weighted by Crippen LogP contribution is 2.28. The minimum atomic E-state index is -1.11. The van der Waals surface area contributed by atoms with Gasteiger partial charge in [-0.05, 0) is 66.9 Å². The number of nitrogens with one attached hydrogen (secondary N) is 3. The molecule has 0 saturated carbocycles. The average Bonchev–Trinajstić information content (AvgIpc) is 3.01. The third-order valence-electron chi connectivity index (χ3n) is 7.31. The van der Waals surface area contributed by atoms with Crippen molar-refractivity contribution in [2.75, 3.05) is 19.7 Å². The highest BCUT2D eigenvalue weighted by molar-refractivity contribution is 5.87. The molecule has 2 aromatic carbocycles. The first-order valence-electron chi connectivity index (χ1n) is 14.8. The zero-order chi connectivity index (χ0) is 30.4. The molecule has 43 heavy (non-hydrogen) atoms. The van der Waals surface area contributed by atoms with Gasteiger partial charge in [0, 0.05) is 24.2 Å². The van der Waals surface area contributed by atoms with E-state index in [-0.39, 0.29) is 11.3 Å². The number of benzene rings is 2. The Hall–Kier alpha value is -4.41. The third kappa shape index (κ3) is 9.56. The number of aromatic hydroxyl groups is 1. The standard InChI is InChI=1S/C33H40N4O6/c38-28-16-14-25(26-15-17-30(40)36-32(26)28)29(39)22-34-18-7-4-2-1-3-5-9-20-43-24-12-10-11-23(21-24)31(37-33(41)42)27-13-6-8-19-35-27/h6,8,10-17,19,21,29,31,34,37-39H,1-5,7,9,18,20,22H2,(H,36,40)(H,41,42)/t29-,31?/m1/s1. The monoisotopic (exact) mass is 588 g/mol. The Morgan fingerprint density at radius 1 is 0.930 bits per heavy atom. The zero-order valence-corrected chi connectivity index (χ0v) is 24.2. The fourth-order valence-electron chi connectivity index (χ4n) is 5.11. The van der Waals surface area contributed by atoms with E-state index in [4.69, 9.17) is 4.74 Å². The predicted molar refractivity (Wildman–Crippen MR) is 166 cm³/mol. The molecule has 1 amide bonds. The summed E-state index contributed by atoms with van der Waals surface area (Å²) in [5.74, 6) is 0.689. The number of amides is 1. The van der Waals surface area contributed by atoms with Gasteiger partial charge in [0.15, 0.2) is 0 Å². The maximum atomic E-state index is 11.6. The van der Waals surface area contributed by atoms with Crippen LogP contribution in [0, 0.1) is 0 Å². The highest BCUT2D eigenvalue weighted by atomic mass is 16.5. The number of nitrogens with zero attached hydrogens (tertiary/aromatic N) is 1. The molecular weight excluding hydrogens is 548 g/mol. The molecule has 1 unspecified atom stereocenters. The van der Waals surface area contributed by atoms with Crippen molar-refractivity contribution in [3.05, 3.63) is 100 Å². The van der Waals surface area contributed by atoms with Crippen molar-refractivity contribution >= 4 is 17.0 Å². The first kappa shape index (κ1) is 31.5. The number of aliphatic hydroxyl groups excluding tert-OH is 1. The molecule has 10 nitrogen and oxygen atoms in total. The molecule has 0 aliphatic rings. The van der Waals surface area contributed by atoms with Crippen molar-refractivity contribution in [1.29, 1.82) is 0 Å². The SMILES string of the molecule is O=C(O)NC(c1cccc(OCCCCCCCCCNC[C@@H](O)c2ccc(O)c3[nH]c(=O)ccc23)c1)c1ccccn1. The van der Waals surface area contributed by atoms with Gasteiger partial charge < -0.3 is 35.7 Å². The smallest absolute Gasteiger partial charge is 0.405 e. The Morgan fingerprint density at radius 3 is 2.49 bits per heavy atom. The van der Waals surface area contributed by atoms with Gasteiger partial charge in [-0.1, -0.05) is 56.4 Å². The van der Waals surface area contributed by atoms with E-state index >= 15 is 0 Å². The molecule has 2 aromatic heterocycles. The third-order valence-corrected chi connectivity index (χ3v) is 7.31. The van der Waals surface area contributed by atoms with E-state index < -0.39 is 18.2 Å². The number of aliphatic hydroxyl groups is 1. The van der Waals surface area contributed by atoms with Crippen LogP contribution in [0.3, 0.4) is 0 Å². The summed E-state index contributed by atoms with van der Waals surface area (Å²) in [6.45, 7) is 1.80. The molecule has 4 aromatic rings. The number of carbonyl (C=O) groups is 1. The number of aromatic amines is 1. The molecule has 2 heterocycles. The normalized spacial score (nSPS) is 12.6. The summed E-state index contributed by atoms with van der Waals surface area (Å²) in [6, 6.07) is 18.5. The number of hydrogen-bond donors (Lipinski definition) is 6. The summed E-state index contributed by atoms with van der Waals surface area (Å²) in [6.07, 6.45) is 7.37. The lowest BCUT2D eigenvalue weighted by atomic mass is 10.0. The predicted octanol–water partition coefficient (Wildman–Crippen LogP) is 5.42. The van der Waals surface area contributed by atoms with Crippen LogP contribution in [0.2, 0.25) is 0 Å². The van der Waals surface area contributed by atoms with Crippen molar-refractivity contribution < 1.29 is 24.9 Å². The first-order chi connectivity index (χ1) is 20.9. The number of carboxylic acid groups (broad SMARTS) is 1. The molecule has 0 spiro atoms. The lowest BCUT2D eigenvalue weighted by molar-refractivity contribution is 0.176. The van der Waals surface area contributed by atoms with E-state index in [1.165, 1.54) is 12.1 Å². The molecule has 10 heteroatoms. The molecule has 0 fully saturated rings. The van der Waals surface area contributed by atoms with E-state index in [0.29, 0.717) is 41.1 Å². The molecule has 0 radical (unpaired) electrons. The number of pyridine rings is 2. The minimum Gasteiger partial charge on any atom is -0.506 e. The van der Waals surface area contributed by atoms with Crippen LogP contribution in [-0.4, -0.2) is 51.1 Å². The van der Waals surface area contributed by atoms with E-state index in [0.717, 1.165) is 57.1 Å². The van der Waals surface area contributed by atoms with Gasteiger partial charge in [0.1, 0.15) is 11.5 Å². The lowest BCUT2D eigenvalue weighted by Gasteiger charge is -2.18. The van der Waals surface area contributed by atoms with Gasteiger partial charge in [0.05, 0.1) is 30.0 Å². The summed E-state index contributed by atoms with van der Waals surface area (Å²) in [5, 5.41) is 36.4. The van der Waals surface area contributed by atoms with Crippen molar-refractivity contribution in [1.82, 2.24) is 20.6 Å². The van der Waals surface area contributed by atoms with Crippen molar-refractivity contribution in [3.8, 4) is 11.5 Å². The number of fused-ring (bicyclic) bond motifs is 1. The number of aromatic nitrogens is 2. The Bertz CT molecular complexity index is 1510. The topological polar surface area (TPSA) is 157 Å². The van der Waals surface area contributed by atoms with E-state index in [2.05, 4.69) is 20.6 Å². The lowest BCUT2D eigenvalue weighted by Crippen LogP contribution is -2.28. The summed E-state index contributed by atoms with van der Waals surface area (Å²) < 4.78 is 5.94. The molecule has 0 saturated heterocycles. The number of phenolic OH excluding ortho intramolecular Hbond substituents is 1. The second kappa shape index (κ2) is 16.3. The van der Waals surface area contributed by atoms with Crippen LogP contribution in [0.15, 0.2) is 77.7 Å². The summed E-state index contributed by atoms with van der Waals surface area (Å²) in [5.41, 5.74) is 2.10. The van der Waals surface area contributed by atoms with E-state index in [1.807, 2.05) is 30.3 Å². The van der Waals surface area contributed by atoms with Gasteiger partial charge >= 0.3 is 6.09 Å². The zero-order valence-electron chi connectivity index (χ0n) is 24.2. The van der Waals surface area contributed by atoms with Crippen LogP contribution in [0.1, 0.15) is 73.9 Å². The highest BCUT2D eigenvalue weighted by Gasteiger charge is 2.18. The van der Waals surface area contributed by atoms with Crippen LogP contribution in [-0.2, 0) is 0 Å². The number of H-pyrrole nitrogens is 1. The van der Waals surface area contributed by atoms with Gasteiger partial charge in [-0.3, -0.25) is 9.78 Å². The maximum Gasteiger partial charge on any atom is 0.405 e. The van der Waals surface area contributed by atoms with Crippen LogP contribution in [0.5, 0.6) is 11.5 Å². The Morgan fingerprint density at radius 2 is 1.72 bits per heavy atom. The second-order valence-corrected chi connectivity index (χ2v) is 10.5. The molecule has 4 rings (SSSR count). The largest absolute Gasteiger partial charge is 0.506 e. The van der Waals surface area contributed by atoms with Gasteiger partial charge in [-0.25, -0.2) is 4.79 Å². The Kier molecular flexibility index (Phi) is 11.9. The van der Waals surface area contributed by atoms with Crippen molar-refractivity contribution in [2.45, 2.75) is 57.1 Å². The Balaban J connectivity index is 1.07. The second-order valence-electron chi connectivity index (χ2n) is 10.5. The average molecular weight is 589 g/mol. The summed E-state index contributed by atoms with van der Waals surface area (Å²) in [4.78, 5) is 29.9. The van der Waals surface area contributed by atoms with Crippen LogP contribution in [0.25, 0.3) is 10.9 Å². The molecule has 0 aliphatic heterocycles.